The van der Waals surface area contributed by atoms with Gasteiger partial charge in [-0.3, -0.25) is 4.57 Å². The Hall–Kier alpha value is -0.840. The smallest absolute Gasteiger partial charge is 0.225 e. The Morgan fingerprint density at radius 2 is 1.94 bits per heavy atom. The number of aromatic amines is 1. The van der Waals surface area contributed by atoms with Gasteiger partial charge in [-0.15, -0.1) is 5.10 Å². The largest absolute Gasteiger partial charge is 0.341 e. The van der Waals surface area contributed by atoms with Crippen LogP contribution >= 0.6 is 12.2 Å². The molecule has 102 valence electrons. The summed E-state index contributed by atoms with van der Waals surface area (Å²) in [5.41, 5.74) is 0. The van der Waals surface area contributed by atoms with Crippen LogP contribution in [-0.2, 0) is 0 Å². The predicted octanol–water partition coefficient (Wildman–Crippen LogP) is 3.54. The summed E-state index contributed by atoms with van der Waals surface area (Å²) < 4.78 is 2.82. The Labute approximate surface area is 114 Å². The minimum Gasteiger partial charge on any atom is -0.341 e. The standard InChI is InChI=1S/C13H24N4S/c1-9(2)17-12(14-15-13(17)18)16(4)11-7-5-10(3)6-8-11/h9-11H,5-8H2,1-4H3,(H,15,18). The first-order valence-electron chi connectivity index (χ1n) is 6.90. The Bertz CT molecular complexity index is 440. The summed E-state index contributed by atoms with van der Waals surface area (Å²) in [4.78, 5) is 2.30. The van der Waals surface area contributed by atoms with Crippen LogP contribution in [0.2, 0.25) is 0 Å². The lowest BCUT2D eigenvalue weighted by atomic mass is 9.87. The van der Waals surface area contributed by atoms with Crippen LogP contribution in [0, 0.1) is 10.7 Å². The van der Waals surface area contributed by atoms with Gasteiger partial charge in [-0.05, 0) is 57.7 Å². The van der Waals surface area contributed by atoms with Crippen molar-refractivity contribution < 1.29 is 0 Å². The van der Waals surface area contributed by atoms with E-state index in [-0.39, 0.29) is 0 Å². The van der Waals surface area contributed by atoms with Gasteiger partial charge >= 0.3 is 0 Å². The molecule has 0 unspecified atom stereocenters. The zero-order valence-corrected chi connectivity index (χ0v) is 12.6. The maximum absolute atomic E-state index is 5.31. The van der Waals surface area contributed by atoms with Crippen molar-refractivity contribution in [2.75, 3.05) is 11.9 Å². The molecule has 0 saturated heterocycles. The van der Waals surface area contributed by atoms with Crippen LogP contribution in [0.5, 0.6) is 0 Å². The van der Waals surface area contributed by atoms with Crippen molar-refractivity contribution in [3.63, 3.8) is 0 Å². The van der Waals surface area contributed by atoms with Gasteiger partial charge in [0.25, 0.3) is 0 Å². The molecule has 1 saturated carbocycles. The van der Waals surface area contributed by atoms with Gasteiger partial charge in [-0.1, -0.05) is 6.92 Å². The zero-order valence-electron chi connectivity index (χ0n) is 11.8. The molecule has 1 aromatic heterocycles. The third-order valence-electron chi connectivity index (χ3n) is 4.05. The number of nitrogens with one attached hydrogen (secondary N) is 1. The van der Waals surface area contributed by atoms with Crippen LogP contribution in [0.25, 0.3) is 0 Å². The van der Waals surface area contributed by atoms with Crippen molar-refractivity contribution in [1.82, 2.24) is 14.8 Å². The van der Waals surface area contributed by atoms with Crippen LogP contribution in [0.4, 0.5) is 5.95 Å². The van der Waals surface area contributed by atoms with E-state index in [1.165, 1.54) is 25.7 Å². The average molecular weight is 268 g/mol. The molecule has 0 aliphatic heterocycles. The molecule has 4 nitrogen and oxygen atoms in total. The highest BCUT2D eigenvalue weighted by Gasteiger charge is 2.25. The van der Waals surface area contributed by atoms with Crippen molar-refractivity contribution in [1.29, 1.82) is 0 Å². The fourth-order valence-corrected chi connectivity index (χ4v) is 3.14. The molecule has 0 amide bonds. The highest BCUT2D eigenvalue weighted by Crippen LogP contribution is 2.29. The molecule has 1 N–H and O–H groups in total. The van der Waals surface area contributed by atoms with E-state index in [2.05, 4.69) is 47.5 Å². The third-order valence-corrected chi connectivity index (χ3v) is 4.34. The number of nitrogens with zero attached hydrogens (tertiary/aromatic N) is 3. The van der Waals surface area contributed by atoms with E-state index in [1.54, 1.807) is 0 Å². The zero-order chi connectivity index (χ0) is 13.3. The normalized spacial score (nSPS) is 24.5. The molecule has 0 bridgehead atoms. The first-order valence-corrected chi connectivity index (χ1v) is 7.31. The number of H-pyrrole nitrogens is 1. The van der Waals surface area contributed by atoms with Crippen LogP contribution in [0.15, 0.2) is 0 Å². The monoisotopic (exact) mass is 268 g/mol. The number of anilines is 1. The lowest BCUT2D eigenvalue weighted by molar-refractivity contribution is 0.337. The number of hydrogen-bond acceptors (Lipinski definition) is 3. The van der Waals surface area contributed by atoms with Crippen LogP contribution < -0.4 is 4.90 Å². The van der Waals surface area contributed by atoms with Gasteiger partial charge in [0.2, 0.25) is 5.95 Å². The maximum Gasteiger partial charge on any atom is 0.225 e. The van der Waals surface area contributed by atoms with E-state index in [9.17, 15) is 0 Å². The summed E-state index contributed by atoms with van der Waals surface area (Å²) in [6, 6.07) is 0.945. The molecule has 1 heterocycles. The molecule has 1 fully saturated rings. The van der Waals surface area contributed by atoms with E-state index in [4.69, 9.17) is 12.2 Å². The van der Waals surface area contributed by atoms with E-state index < -0.39 is 0 Å². The number of aromatic nitrogens is 3. The van der Waals surface area contributed by atoms with Gasteiger partial charge < -0.3 is 4.90 Å². The van der Waals surface area contributed by atoms with E-state index in [0.29, 0.717) is 12.1 Å². The van der Waals surface area contributed by atoms with Crippen molar-refractivity contribution in [2.24, 2.45) is 5.92 Å². The first kappa shape index (κ1) is 13.6. The van der Waals surface area contributed by atoms with E-state index >= 15 is 0 Å². The fourth-order valence-electron chi connectivity index (χ4n) is 2.80. The topological polar surface area (TPSA) is 36.9 Å². The van der Waals surface area contributed by atoms with Gasteiger partial charge in [-0.25, -0.2) is 5.10 Å². The second-order valence-electron chi connectivity index (χ2n) is 5.82. The Morgan fingerprint density at radius 1 is 1.33 bits per heavy atom. The molecule has 0 atom stereocenters. The van der Waals surface area contributed by atoms with Gasteiger partial charge in [0.15, 0.2) is 4.77 Å². The maximum atomic E-state index is 5.31. The highest BCUT2D eigenvalue weighted by atomic mass is 32.1. The minimum atomic E-state index is 0.344. The summed E-state index contributed by atoms with van der Waals surface area (Å²) in [6.45, 7) is 6.64. The number of hydrogen-bond donors (Lipinski definition) is 1. The van der Waals surface area contributed by atoms with Gasteiger partial charge in [0.1, 0.15) is 0 Å². The molecule has 0 aromatic carbocycles. The second kappa shape index (κ2) is 5.43. The lowest BCUT2D eigenvalue weighted by Crippen LogP contribution is -2.36. The fraction of sp³-hybridized carbons (Fsp3) is 0.846. The summed E-state index contributed by atoms with van der Waals surface area (Å²) >= 11 is 5.31. The van der Waals surface area contributed by atoms with E-state index in [0.717, 1.165) is 16.6 Å². The van der Waals surface area contributed by atoms with Crippen molar-refractivity contribution >= 4 is 18.2 Å². The van der Waals surface area contributed by atoms with Gasteiger partial charge in [0.05, 0.1) is 0 Å². The van der Waals surface area contributed by atoms with Crippen molar-refractivity contribution in [2.45, 2.75) is 58.5 Å². The lowest BCUT2D eigenvalue weighted by Gasteiger charge is -2.34. The van der Waals surface area contributed by atoms with Crippen molar-refractivity contribution in [3.05, 3.63) is 4.77 Å². The second-order valence-corrected chi connectivity index (χ2v) is 6.20. The highest BCUT2D eigenvalue weighted by molar-refractivity contribution is 7.71. The Kier molecular flexibility index (Phi) is 4.10. The molecule has 2 rings (SSSR count). The van der Waals surface area contributed by atoms with Gasteiger partial charge in [0, 0.05) is 19.1 Å². The minimum absolute atomic E-state index is 0.344. The molecular formula is C13H24N4S. The molecular weight excluding hydrogens is 244 g/mol. The summed E-state index contributed by atoms with van der Waals surface area (Å²) in [6.07, 6.45) is 5.16. The Balaban J connectivity index is 2.18. The van der Waals surface area contributed by atoms with Crippen molar-refractivity contribution in [3.8, 4) is 0 Å². The van der Waals surface area contributed by atoms with E-state index in [1.807, 2.05) is 0 Å². The third kappa shape index (κ3) is 2.60. The predicted molar refractivity (Wildman–Crippen MR) is 77.6 cm³/mol. The average Bonchev–Trinajstić information content (AvgIpc) is 2.71. The molecule has 0 spiro atoms. The molecule has 1 aromatic rings. The van der Waals surface area contributed by atoms with Crippen LogP contribution in [-0.4, -0.2) is 27.9 Å². The molecule has 0 radical (unpaired) electrons. The van der Waals surface area contributed by atoms with Gasteiger partial charge in [-0.2, -0.15) is 0 Å². The quantitative estimate of drug-likeness (QED) is 0.852. The SMILES string of the molecule is CC1CCC(N(C)c2n[nH]c(=S)n2C(C)C)CC1. The van der Waals surface area contributed by atoms with Crippen LogP contribution in [0.3, 0.4) is 0 Å². The summed E-state index contributed by atoms with van der Waals surface area (Å²) in [7, 11) is 2.14. The number of rotatable bonds is 3. The molecule has 1 aliphatic carbocycles. The Morgan fingerprint density at radius 3 is 2.50 bits per heavy atom. The van der Waals surface area contributed by atoms with Crippen LogP contribution in [0.1, 0.15) is 52.5 Å². The molecule has 18 heavy (non-hydrogen) atoms. The molecule has 5 heteroatoms. The summed E-state index contributed by atoms with van der Waals surface area (Å²) in [5, 5.41) is 7.32. The molecule has 1 aliphatic rings. The summed E-state index contributed by atoms with van der Waals surface area (Å²) in [5.74, 6) is 1.86. The first-order chi connectivity index (χ1) is 8.50.